The van der Waals surface area contributed by atoms with Gasteiger partial charge >= 0.3 is 0 Å². The van der Waals surface area contributed by atoms with E-state index in [0.29, 0.717) is 19.8 Å². The van der Waals surface area contributed by atoms with Crippen LogP contribution in [-0.2, 0) is 9.47 Å². The molecule has 0 aromatic heterocycles. The highest BCUT2D eigenvalue weighted by atomic mass is 16.5. The molecule has 2 fully saturated rings. The number of methoxy groups -OCH3 is 1. The van der Waals surface area contributed by atoms with Gasteiger partial charge in [-0.05, 0) is 37.1 Å². The highest BCUT2D eigenvalue weighted by molar-refractivity contribution is 5.49. The zero-order chi connectivity index (χ0) is 17.5. The number of aliphatic hydroxyl groups is 1. The van der Waals surface area contributed by atoms with E-state index in [9.17, 15) is 5.11 Å². The lowest BCUT2D eigenvalue weighted by atomic mass is 10.2. The van der Waals surface area contributed by atoms with Gasteiger partial charge < -0.3 is 24.2 Å². The molecule has 2 atom stereocenters. The SMILES string of the molecule is COc1ccc(N2CCN(C[C@@H](O)COC[C@H]3CCCO3)CC2)cc1. The van der Waals surface area contributed by atoms with Crippen molar-refractivity contribution in [2.45, 2.75) is 25.0 Å². The minimum absolute atomic E-state index is 0.222. The average Bonchev–Trinajstić information content (AvgIpc) is 3.16. The van der Waals surface area contributed by atoms with Crippen LogP contribution in [0.1, 0.15) is 12.8 Å². The van der Waals surface area contributed by atoms with Gasteiger partial charge in [0.05, 0.1) is 32.5 Å². The van der Waals surface area contributed by atoms with Crippen molar-refractivity contribution in [3.8, 4) is 5.75 Å². The molecule has 2 heterocycles. The maximum absolute atomic E-state index is 10.2. The van der Waals surface area contributed by atoms with Crippen LogP contribution in [0.25, 0.3) is 0 Å². The maximum Gasteiger partial charge on any atom is 0.119 e. The zero-order valence-corrected chi connectivity index (χ0v) is 15.1. The molecule has 1 aromatic rings. The molecule has 2 aliphatic rings. The van der Waals surface area contributed by atoms with Crippen molar-refractivity contribution in [3.05, 3.63) is 24.3 Å². The monoisotopic (exact) mass is 350 g/mol. The molecule has 0 bridgehead atoms. The second-order valence-corrected chi connectivity index (χ2v) is 6.81. The number of hydrogen-bond donors (Lipinski definition) is 1. The summed E-state index contributed by atoms with van der Waals surface area (Å²) >= 11 is 0. The molecular formula is C19H30N2O4. The first-order valence-corrected chi connectivity index (χ1v) is 9.23. The molecule has 1 aromatic carbocycles. The van der Waals surface area contributed by atoms with E-state index in [1.54, 1.807) is 7.11 Å². The predicted molar refractivity (Wildman–Crippen MR) is 97.4 cm³/mol. The summed E-state index contributed by atoms with van der Waals surface area (Å²) < 4.78 is 16.3. The van der Waals surface area contributed by atoms with E-state index in [-0.39, 0.29) is 6.10 Å². The van der Waals surface area contributed by atoms with Gasteiger partial charge in [0.15, 0.2) is 0 Å². The summed E-state index contributed by atoms with van der Waals surface area (Å²) in [6.45, 7) is 6.34. The van der Waals surface area contributed by atoms with E-state index >= 15 is 0 Å². The van der Waals surface area contributed by atoms with Gasteiger partial charge in [-0.3, -0.25) is 4.90 Å². The van der Waals surface area contributed by atoms with Gasteiger partial charge in [0.1, 0.15) is 5.75 Å². The molecule has 140 valence electrons. The van der Waals surface area contributed by atoms with Crippen molar-refractivity contribution in [2.24, 2.45) is 0 Å². The van der Waals surface area contributed by atoms with E-state index in [0.717, 1.165) is 51.4 Å². The van der Waals surface area contributed by atoms with Crippen molar-refractivity contribution in [1.29, 1.82) is 0 Å². The van der Waals surface area contributed by atoms with Gasteiger partial charge in [-0.25, -0.2) is 0 Å². The molecule has 0 saturated carbocycles. The second-order valence-electron chi connectivity index (χ2n) is 6.81. The van der Waals surface area contributed by atoms with Crippen LogP contribution in [0.2, 0.25) is 0 Å². The van der Waals surface area contributed by atoms with Crippen LogP contribution in [0.3, 0.4) is 0 Å². The Hall–Kier alpha value is -1.34. The molecule has 25 heavy (non-hydrogen) atoms. The fourth-order valence-electron chi connectivity index (χ4n) is 3.44. The van der Waals surface area contributed by atoms with Gasteiger partial charge in [-0.15, -0.1) is 0 Å². The van der Waals surface area contributed by atoms with E-state index < -0.39 is 6.10 Å². The first-order chi connectivity index (χ1) is 12.2. The minimum Gasteiger partial charge on any atom is -0.497 e. The Balaban J connectivity index is 1.33. The Morgan fingerprint density at radius 1 is 1.20 bits per heavy atom. The van der Waals surface area contributed by atoms with Gasteiger partial charge in [0, 0.05) is 45.0 Å². The number of benzene rings is 1. The summed E-state index contributed by atoms with van der Waals surface area (Å²) in [5.74, 6) is 0.883. The van der Waals surface area contributed by atoms with Crippen LogP contribution in [0.5, 0.6) is 5.75 Å². The fourth-order valence-corrected chi connectivity index (χ4v) is 3.44. The molecule has 1 N–H and O–H groups in total. The van der Waals surface area contributed by atoms with Crippen LogP contribution in [0.15, 0.2) is 24.3 Å². The number of rotatable bonds is 8. The van der Waals surface area contributed by atoms with Crippen LogP contribution >= 0.6 is 0 Å². The summed E-state index contributed by atoms with van der Waals surface area (Å²) in [5.41, 5.74) is 1.22. The zero-order valence-electron chi connectivity index (χ0n) is 15.1. The molecule has 6 heteroatoms. The smallest absolute Gasteiger partial charge is 0.119 e. The van der Waals surface area contributed by atoms with Gasteiger partial charge in [-0.2, -0.15) is 0 Å². The molecule has 0 unspecified atom stereocenters. The molecule has 3 rings (SSSR count). The number of nitrogens with zero attached hydrogens (tertiary/aromatic N) is 2. The molecule has 0 amide bonds. The molecule has 0 spiro atoms. The normalized spacial score (nSPS) is 23.0. The molecule has 6 nitrogen and oxygen atoms in total. The number of ether oxygens (including phenoxy) is 3. The van der Waals surface area contributed by atoms with Crippen molar-refractivity contribution in [1.82, 2.24) is 4.90 Å². The molecule has 0 aliphatic carbocycles. The van der Waals surface area contributed by atoms with Crippen LogP contribution < -0.4 is 9.64 Å². The lowest BCUT2D eigenvalue weighted by Gasteiger charge is -2.37. The molecular weight excluding hydrogens is 320 g/mol. The van der Waals surface area contributed by atoms with Crippen molar-refractivity contribution in [3.63, 3.8) is 0 Å². The summed E-state index contributed by atoms with van der Waals surface area (Å²) in [6.07, 6.45) is 1.98. The lowest BCUT2D eigenvalue weighted by Crippen LogP contribution is -2.49. The fraction of sp³-hybridized carbons (Fsp3) is 0.684. The third-order valence-electron chi connectivity index (χ3n) is 4.92. The maximum atomic E-state index is 10.2. The van der Waals surface area contributed by atoms with E-state index in [4.69, 9.17) is 14.2 Å². The third-order valence-corrected chi connectivity index (χ3v) is 4.92. The third kappa shape index (κ3) is 5.57. The number of aliphatic hydroxyl groups excluding tert-OH is 1. The predicted octanol–water partition coefficient (Wildman–Crippen LogP) is 1.37. The van der Waals surface area contributed by atoms with Gasteiger partial charge in [-0.1, -0.05) is 0 Å². The number of anilines is 1. The lowest BCUT2D eigenvalue weighted by molar-refractivity contribution is -0.0254. The Morgan fingerprint density at radius 2 is 1.96 bits per heavy atom. The highest BCUT2D eigenvalue weighted by Gasteiger charge is 2.20. The summed E-state index contributed by atoms with van der Waals surface area (Å²) in [5, 5.41) is 10.2. The standard InChI is InChI=1S/C19H30N2O4/c1-23-18-6-4-16(5-7-18)21-10-8-20(9-11-21)13-17(22)14-24-15-19-3-2-12-25-19/h4-7,17,19,22H,2-3,8-15H2,1H3/t17-,19-/m1/s1. The summed E-state index contributed by atoms with van der Waals surface area (Å²) in [4.78, 5) is 4.68. The Morgan fingerprint density at radius 3 is 2.60 bits per heavy atom. The quantitative estimate of drug-likeness (QED) is 0.764. The average molecular weight is 350 g/mol. The molecule has 2 saturated heterocycles. The van der Waals surface area contributed by atoms with Crippen LogP contribution in [-0.4, -0.2) is 81.9 Å². The number of piperazine rings is 1. The number of hydrogen-bond acceptors (Lipinski definition) is 6. The van der Waals surface area contributed by atoms with Crippen molar-refractivity contribution < 1.29 is 19.3 Å². The first kappa shape index (κ1) is 18.5. The Kier molecular flexibility index (Phi) is 6.93. The van der Waals surface area contributed by atoms with Crippen molar-refractivity contribution >= 4 is 5.69 Å². The van der Waals surface area contributed by atoms with Crippen molar-refractivity contribution in [2.75, 3.05) is 64.6 Å². The van der Waals surface area contributed by atoms with Gasteiger partial charge in [0.25, 0.3) is 0 Å². The van der Waals surface area contributed by atoms with E-state index in [2.05, 4.69) is 21.9 Å². The minimum atomic E-state index is -0.436. The van der Waals surface area contributed by atoms with Crippen LogP contribution in [0.4, 0.5) is 5.69 Å². The van der Waals surface area contributed by atoms with E-state index in [1.165, 1.54) is 5.69 Å². The Bertz CT molecular complexity index is 497. The molecule has 2 aliphatic heterocycles. The second kappa shape index (κ2) is 9.38. The topological polar surface area (TPSA) is 54.4 Å². The first-order valence-electron chi connectivity index (χ1n) is 9.23. The van der Waals surface area contributed by atoms with Crippen LogP contribution in [0, 0.1) is 0 Å². The number of β-amino-alcohol motifs (C(OH)–C–C–N with tert-alkyl or cyclic N) is 1. The van der Waals surface area contributed by atoms with E-state index in [1.807, 2.05) is 12.1 Å². The summed E-state index contributed by atoms with van der Waals surface area (Å²) in [6, 6.07) is 8.19. The highest BCUT2D eigenvalue weighted by Crippen LogP contribution is 2.20. The molecule has 0 radical (unpaired) electrons. The Labute approximate surface area is 150 Å². The van der Waals surface area contributed by atoms with Gasteiger partial charge in [0.2, 0.25) is 0 Å². The summed E-state index contributed by atoms with van der Waals surface area (Å²) in [7, 11) is 1.68. The largest absolute Gasteiger partial charge is 0.497 e.